The summed E-state index contributed by atoms with van der Waals surface area (Å²) in [4.78, 5) is 37.3. The van der Waals surface area contributed by atoms with Crippen LogP contribution < -0.4 is 15.0 Å². The Morgan fingerprint density at radius 2 is 1.80 bits per heavy atom. The number of ether oxygens (including phenoxy) is 1. The highest BCUT2D eigenvalue weighted by Crippen LogP contribution is 2.38. The number of aryl methyl sites for hydroxylation is 1. The molecule has 0 radical (unpaired) electrons. The van der Waals surface area contributed by atoms with Gasteiger partial charge in [-0.15, -0.1) is 10.2 Å². The molecule has 3 aliphatic heterocycles. The highest BCUT2D eigenvalue weighted by atomic mass is 35.5. The van der Waals surface area contributed by atoms with Crippen molar-refractivity contribution in [2.24, 2.45) is 13.0 Å². The van der Waals surface area contributed by atoms with Crippen molar-refractivity contribution in [3.63, 3.8) is 0 Å². The average molecular weight is 879 g/mol. The third-order valence-corrected chi connectivity index (χ3v) is 13.9. The van der Waals surface area contributed by atoms with E-state index < -0.39 is 0 Å². The molecule has 2 saturated heterocycles. The van der Waals surface area contributed by atoms with Crippen molar-refractivity contribution in [3.05, 3.63) is 101 Å². The molecule has 1 N–H and O–H groups in total. The maximum atomic E-state index is 13.1. The van der Waals surface area contributed by atoms with Gasteiger partial charge in [0.15, 0.2) is 11.5 Å². The summed E-state index contributed by atoms with van der Waals surface area (Å²) in [5, 5.41) is 33.3. The van der Waals surface area contributed by atoms with E-state index in [0.717, 1.165) is 122 Å². The first-order valence-corrected chi connectivity index (χ1v) is 22.8. The van der Waals surface area contributed by atoms with Crippen molar-refractivity contribution >= 4 is 40.0 Å². The van der Waals surface area contributed by atoms with Crippen molar-refractivity contribution < 1.29 is 14.3 Å². The van der Waals surface area contributed by atoms with Gasteiger partial charge >= 0.3 is 0 Å². The Balaban J connectivity index is 0.719. The summed E-state index contributed by atoms with van der Waals surface area (Å²) in [6, 6.07) is 19.7. The summed E-state index contributed by atoms with van der Waals surface area (Å²) < 4.78 is 10.2. The number of carbonyl (C=O) groups is 2. The second kappa shape index (κ2) is 17.7. The van der Waals surface area contributed by atoms with Gasteiger partial charge in [0.05, 0.1) is 40.3 Å². The number of anilines is 1. The predicted molar refractivity (Wildman–Crippen MR) is 243 cm³/mol. The largest absolute Gasteiger partial charge is 0.490 e. The molecule has 3 fully saturated rings. The molecule has 64 heavy (non-hydrogen) atoms. The van der Waals surface area contributed by atoms with E-state index in [1.807, 2.05) is 36.6 Å². The Labute approximate surface area is 377 Å². The number of fused-ring (bicyclic) bond motifs is 2. The first-order chi connectivity index (χ1) is 31.1. The number of hydrogen-bond acceptors (Lipinski definition) is 11. The molecule has 1 saturated carbocycles. The van der Waals surface area contributed by atoms with Gasteiger partial charge in [0.2, 0.25) is 5.91 Å². The fourth-order valence-corrected chi connectivity index (χ4v) is 10.1. The number of piperidine rings is 1. The first-order valence-electron chi connectivity index (χ1n) is 22.4. The van der Waals surface area contributed by atoms with Gasteiger partial charge in [-0.1, -0.05) is 29.8 Å². The normalized spacial score (nSPS) is 19.5. The topological polar surface area (TPSA) is 163 Å². The summed E-state index contributed by atoms with van der Waals surface area (Å²) in [5.41, 5.74) is 6.98. The molecule has 0 spiro atoms. The number of rotatable bonds is 10. The maximum absolute atomic E-state index is 13.1. The van der Waals surface area contributed by atoms with Crippen molar-refractivity contribution in [3.8, 4) is 34.3 Å². The van der Waals surface area contributed by atoms with Crippen LogP contribution in [0.1, 0.15) is 78.8 Å². The second-order valence-electron chi connectivity index (χ2n) is 17.8. The van der Waals surface area contributed by atoms with Crippen molar-refractivity contribution in [2.75, 3.05) is 44.2 Å². The van der Waals surface area contributed by atoms with E-state index >= 15 is 0 Å². The lowest BCUT2D eigenvalue weighted by Gasteiger charge is -2.43. The number of pyridine rings is 1. The third kappa shape index (κ3) is 8.52. The molecule has 15 nitrogen and oxygen atoms in total. The lowest BCUT2D eigenvalue weighted by Crippen LogP contribution is -2.51. The second-order valence-corrected chi connectivity index (χ2v) is 18.2. The van der Waals surface area contributed by atoms with E-state index in [1.54, 1.807) is 35.9 Å². The Kier molecular flexibility index (Phi) is 11.5. The maximum Gasteiger partial charge on any atom is 0.272 e. The zero-order chi connectivity index (χ0) is 43.9. The summed E-state index contributed by atoms with van der Waals surface area (Å²) in [6.45, 7) is 7.66. The van der Waals surface area contributed by atoms with Crippen LogP contribution in [0.3, 0.4) is 0 Å². The van der Waals surface area contributed by atoms with E-state index in [9.17, 15) is 9.59 Å². The van der Waals surface area contributed by atoms with E-state index in [4.69, 9.17) is 31.7 Å². The number of likely N-dealkylation sites (tertiary alicyclic amines) is 1. The number of hydrogen-bond donors (Lipinski definition) is 1. The van der Waals surface area contributed by atoms with Gasteiger partial charge in [-0.25, -0.2) is 0 Å². The van der Waals surface area contributed by atoms with Crippen LogP contribution in [0.25, 0.3) is 33.3 Å². The highest BCUT2D eigenvalue weighted by Gasteiger charge is 2.36. The number of nitrogens with one attached hydrogen (secondary N) is 1. The molecule has 6 aromatic rings. The molecule has 10 rings (SSSR count). The van der Waals surface area contributed by atoms with E-state index in [-0.39, 0.29) is 30.0 Å². The van der Waals surface area contributed by atoms with Crippen LogP contribution in [0, 0.1) is 17.2 Å². The number of amides is 2. The Morgan fingerprint density at radius 1 is 0.969 bits per heavy atom. The lowest BCUT2D eigenvalue weighted by molar-refractivity contribution is -0.129. The average Bonchev–Trinajstić information content (AvgIpc) is 3.91. The Hall–Kier alpha value is -6.37. The molecule has 4 aliphatic rings. The van der Waals surface area contributed by atoms with Crippen LogP contribution in [0.4, 0.5) is 5.82 Å². The van der Waals surface area contributed by atoms with Crippen LogP contribution in [0.15, 0.2) is 73.2 Å². The summed E-state index contributed by atoms with van der Waals surface area (Å²) in [5.74, 6) is 1.92. The third-order valence-electron chi connectivity index (χ3n) is 13.5. The number of benzene rings is 2. The molecule has 4 aromatic heterocycles. The van der Waals surface area contributed by atoms with Gasteiger partial charge in [0, 0.05) is 118 Å². The molecular formula is C48H51ClN12O3. The van der Waals surface area contributed by atoms with Gasteiger partial charge in [-0.3, -0.25) is 28.8 Å². The molecule has 0 bridgehead atoms. The number of halogens is 1. The number of nitrogens with zero attached hydrogens (tertiary/aromatic N) is 11. The summed E-state index contributed by atoms with van der Waals surface area (Å²) >= 11 is 6.17. The lowest BCUT2D eigenvalue weighted by atomic mass is 9.92. The monoisotopic (exact) mass is 878 g/mol. The van der Waals surface area contributed by atoms with Crippen LogP contribution >= 0.6 is 11.6 Å². The van der Waals surface area contributed by atoms with Crippen molar-refractivity contribution in [2.45, 2.75) is 76.6 Å². The van der Waals surface area contributed by atoms with E-state index in [2.05, 4.69) is 65.4 Å². The van der Waals surface area contributed by atoms with Gasteiger partial charge < -0.3 is 19.9 Å². The number of carbonyl (C=O) groups excluding carboxylic acids is 2. The fourth-order valence-electron chi connectivity index (χ4n) is 9.93. The number of aromatic nitrogens is 7. The zero-order valence-corrected chi connectivity index (χ0v) is 36.9. The molecule has 7 heterocycles. The van der Waals surface area contributed by atoms with E-state index in [1.165, 1.54) is 5.69 Å². The molecule has 0 unspecified atom stereocenters. The van der Waals surface area contributed by atoms with Gasteiger partial charge in [-0.05, 0) is 80.2 Å². The molecule has 2 amide bonds. The fraction of sp³-hybridized carbons (Fsp3) is 0.417. The van der Waals surface area contributed by atoms with Crippen LogP contribution in [-0.2, 0) is 24.8 Å². The molecule has 328 valence electrons. The van der Waals surface area contributed by atoms with E-state index in [0.29, 0.717) is 41.0 Å². The minimum absolute atomic E-state index is 0.0287. The van der Waals surface area contributed by atoms with Crippen LogP contribution in [0.2, 0.25) is 5.02 Å². The van der Waals surface area contributed by atoms with Gasteiger partial charge in [-0.2, -0.15) is 15.5 Å². The zero-order valence-electron chi connectivity index (χ0n) is 36.2. The van der Waals surface area contributed by atoms with Crippen molar-refractivity contribution in [1.29, 1.82) is 5.26 Å². The quantitative estimate of drug-likeness (QED) is 0.158. The summed E-state index contributed by atoms with van der Waals surface area (Å²) in [7, 11) is 1.91. The smallest absolute Gasteiger partial charge is 0.272 e. The van der Waals surface area contributed by atoms with Gasteiger partial charge in [0.1, 0.15) is 11.8 Å². The number of nitriles is 1. The Morgan fingerprint density at radius 3 is 2.52 bits per heavy atom. The SMILES string of the molecule is CC(=O)N1CCc2c(c(-c3cccc4cc(-c5cnn(C)c5)ncc34)nn2C2CN(CC3CCN(c4ccc(C(=O)NC5CCC(Oc6ccc(C#N)c(Cl)c6)CC5)nn4)CC3)C2)C1. The molecular weight excluding hydrogens is 828 g/mol. The molecule has 1 aliphatic carbocycles. The van der Waals surface area contributed by atoms with Crippen LogP contribution in [0.5, 0.6) is 5.75 Å². The molecule has 2 aromatic carbocycles. The standard InChI is InChI=1S/C48H51ClN12O3/c1-30(62)60-19-16-45-41(29-60)47(39-5-3-4-32-20-44(51-24-40(32)39)34-23-52-57(2)26-34)56-61(45)36-27-58(28-36)25-31-14-17-59(18-15-31)46-13-12-43(54-55-46)48(63)53-35-7-10-37(11-8-35)64-38-9-6-33(22-50)42(49)21-38/h3-6,9,12-13,20-21,23-24,26,31,35-37H,7-8,10-11,14-19,25,27-29H2,1-2H3,(H,53,63). The highest BCUT2D eigenvalue weighted by molar-refractivity contribution is 6.31. The van der Waals surface area contributed by atoms with Gasteiger partial charge in [0.25, 0.3) is 5.91 Å². The molecule has 16 heteroatoms. The minimum atomic E-state index is -0.208. The summed E-state index contributed by atoms with van der Waals surface area (Å²) in [6.07, 6.45) is 11.9. The minimum Gasteiger partial charge on any atom is -0.490 e. The Bertz CT molecular complexity index is 2740. The van der Waals surface area contributed by atoms with Crippen molar-refractivity contribution in [1.82, 2.24) is 49.9 Å². The van der Waals surface area contributed by atoms with Crippen LogP contribution in [-0.4, -0.2) is 108 Å². The molecule has 0 atom stereocenters. The predicted octanol–water partition coefficient (Wildman–Crippen LogP) is 6.61. The first kappa shape index (κ1) is 41.6.